The van der Waals surface area contributed by atoms with Crippen LogP contribution in [-0.2, 0) is 13.5 Å². The molecule has 1 aromatic carbocycles. The molecule has 0 atom stereocenters. The van der Waals surface area contributed by atoms with Crippen molar-refractivity contribution in [3.63, 3.8) is 0 Å². The third-order valence-corrected chi connectivity index (χ3v) is 3.10. The minimum Gasteiger partial charge on any atom is -0.292 e. The molecule has 17 heavy (non-hydrogen) atoms. The van der Waals surface area contributed by atoms with E-state index < -0.39 is 0 Å². The summed E-state index contributed by atoms with van der Waals surface area (Å²) in [5.74, 6) is -0.413. The summed E-state index contributed by atoms with van der Waals surface area (Å²) in [5, 5.41) is 4.03. The number of nitrogens with zero attached hydrogens (tertiary/aromatic N) is 2. The quantitative estimate of drug-likeness (QED) is 0.817. The number of aryl methyl sites for hydroxylation is 1. The van der Waals surface area contributed by atoms with Crippen LogP contribution in [0.2, 0.25) is 0 Å². The number of Topliss-reactive ketones (excluding diaryl/α,β-unsaturated/α-hetero) is 1. The minimum atomic E-state index is -0.328. The standard InChI is InChI=1S/C12H10BrFN2O/c1-16-5-4-11(15-16)12(17)6-8-2-3-9(14)7-10(8)13/h2-5,7H,6H2,1H3. The van der Waals surface area contributed by atoms with Crippen LogP contribution in [0.1, 0.15) is 16.1 Å². The molecule has 2 rings (SSSR count). The van der Waals surface area contributed by atoms with Gasteiger partial charge in [-0.15, -0.1) is 0 Å². The number of rotatable bonds is 3. The van der Waals surface area contributed by atoms with Gasteiger partial charge in [-0.3, -0.25) is 9.48 Å². The largest absolute Gasteiger partial charge is 0.292 e. The predicted octanol–water partition coefficient (Wildman–Crippen LogP) is 2.75. The third-order valence-electron chi connectivity index (χ3n) is 2.37. The van der Waals surface area contributed by atoms with Crippen molar-refractivity contribution < 1.29 is 9.18 Å². The van der Waals surface area contributed by atoms with Crippen LogP contribution in [0.3, 0.4) is 0 Å². The van der Waals surface area contributed by atoms with E-state index in [-0.39, 0.29) is 18.0 Å². The van der Waals surface area contributed by atoms with Crippen molar-refractivity contribution in [2.75, 3.05) is 0 Å². The van der Waals surface area contributed by atoms with E-state index in [0.29, 0.717) is 10.2 Å². The molecular weight excluding hydrogens is 287 g/mol. The summed E-state index contributed by atoms with van der Waals surface area (Å²) in [7, 11) is 1.75. The molecule has 0 N–H and O–H groups in total. The molecule has 0 fully saturated rings. The average Bonchev–Trinajstić information content (AvgIpc) is 2.69. The Balaban J connectivity index is 2.18. The van der Waals surface area contributed by atoms with Gasteiger partial charge in [0.25, 0.3) is 0 Å². The van der Waals surface area contributed by atoms with Gasteiger partial charge in [-0.1, -0.05) is 22.0 Å². The van der Waals surface area contributed by atoms with E-state index in [4.69, 9.17) is 0 Å². The molecule has 1 aromatic heterocycles. The molecule has 0 aliphatic heterocycles. The zero-order chi connectivity index (χ0) is 12.4. The van der Waals surface area contributed by atoms with Crippen LogP contribution in [0.4, 0.5) is 4.39 Å². The number of aromatic nitrogens is 2. The summed E-state index contributed by atoms with van der Waals surface area (Å²) in [4.78, 5) is 11.9. The average molecular weight is 297 g/mol. The molecule has 0 bridgehead atoms. The number of hydrogen-bond acceptors (Lipinski definition) is 2. The topological polar surface area (TPSA) is 34.9 Å². The highest BCUT2D eigenvalue weighted by Gasteiger charge is 2.12. The lowest BCUT2D eigenvalue weighted by atomic mass is 10.1. The zero-order valence-corrected chi connectivity index (χ0v) is 10.7. The van der Waals surface area contributed by atoms with Crippen molar-refractivity contribution in [3.05, 3.63) is 52.0 Å². The molecule has 0 saturated heterocycles. The van der Waals surface area contributed by atoms with Crippen LogP contribution in [-0.4, -0.2) is 15.6 Å². The minimum absolute atomic E-state index is 0.0853. The van der Waals surface area contributed by atoms with Gasteiger partial charge in [0, 0.05) is 24.1 Å². The molecule has 0 radical (unpaired) electrons. The summed E-state index contributed by atoms with van der Waals surface area (Å²) in [6.45, 7) is 0. The fourth-order valence-corrected chi connectivity index (χ4v) is 1.98. The van der Waals surface area contributed by atoms with Gasteiger partial charge in [-0.25, -0.2) is 4.39 Å². The Morgan fingerprint density at radius 2 is 2.24 bits per heavy atom. The van der Waals surface area contributed by atoms with E-state index in [9.17, 15) is 9.18 Å². The summed E-state index contributed by atoms with van der Waals surface area (Å²) in [5.41, 5.74) is 1.17. The van der Waals surface area contributed by atoms with Gasteiger partial charge >= 0.3 is 0 Å². The van der Waals surface area contributed by atoms with Crippen molar-refractivity contribution in [2.45, 2.75) is 6.42 Å². The molecule has 3 nitrogen and oxygen atoms in total. The Kier molecular flexibility index (Phi) is 3.38. The first-order valence-corrected chi connectivity index (χ1v) is 5.82. The number of hydrogen-bond donors (Lipinski definition) is 0. The molecular formula is C12H10BrFN2O. The lowest BCUT2D eigenvalue weighted by Crippen LogP contribution is -2.06. The molecule has 88 valence electrons. The molecule has 5 heteroatoms. The van der Waals surface area contributed by atoms with Crippen molar-refractivity contribution in [2.24, 2.45) is 7.05 Å². The molecule has 1 heterocycles. The Labute approximate surface area is 106 Å². The molecule has 0 aliphatic rings. The van der Waals surface area contributed by atoms with E-state index in [1.165, 1.54) is 12.1 Å². The smallest absolute Gasteiger partial charge is 0.187 e. The third kappa shape index (κ3) is 2.79. The van der Waals surface area contributed by atoms with E-state index in [2.05, 4.69) is 21.0 Å². The molecule has 0 saturated carbocycles. The van der Waals surface area contributed by atoms with Crippen LogP contribution in [0.5, 0.6) is 0 Å². The lowest BCUT2D eigenvalue weighted by molar-refractivity contribution is 0.0987. The molecule has 0 aliphatic carbocycles. The van der Waals surface area contributed by atoms with Crippen LogP contribution in [0.15, 0.2) is 34.9 Å². The number of carbonyl (C=O) groups excluding carboxylic acids is 1. The lowest BCUT2D eigenvalue weighted by Gasteiger charge is -2.02. The van der Waals surface area contributed by atoms with Crippen LogP contribution in [0.25, 0.3) is 0 Å². The number of carbonyl (C=O) groups is 1. The SMILES string of the molecule is Cn1ccc(C(=O)Cc2ccc(F)cc2Br)n1. The summed E-state index contributed by atoms with van der Waals surface area (Å²) < 4.78 is 15.1. The van der Waals surface area contributed by atoms with Crippen LogP contribution >= 0.6 is 15.9 Å². The van der Waals surface area contributed by atoms with E-state index in [1.54, 1.807) is 30.1 Å². The highest BCUT2D eigenvalue weighted by Crippen LogP contribution is 2.19. The maximum atomic E-state index is 12.9. The summed E-state index contributed by atoms with van der Waals surface area (Å²) in [6.07, 6.45) is 1.92. The van der Waals surface area contributed by atoms with Gasteiger partial charge in [0.05, 0.1) is 0 Å². The number of halogens is 2. The van der Waals surface area contributed by atoms with E-state index >= 15 is 0 Å². The predicted molar refractivity (Wildman–Crippen MR) is 65.3 cm³/mol. The normalized spacial score (nSPS) is 10.5. The number of ketones is 1. The van der Waals surface area contributed by atoms with Crippen LogP contribution in [0, 0.1) is 5.82 Å². The second-order valence-electron chi connectivity index (χ2n) is 3.71. The van der Waals surface area contributed by atoms with Crippen molar-refractivity contribution >= 4 is 21.7 Å². The fourth-order valence-electron chi connectivity index (χ4n) is 1.49. The Hall–Kier alpha value is -1.49. The molecule has 0 amide bonds. The first-order valence-electron chi connectivity index (χ1n) is 5.03. The van der Waals surface area contributed by atoms with Gasteiger partial charge < -0.3 is 0 Å². The Morgan fingerprint density at radius 3 is 2.82 bits per heavy atom. The first kappa shape index (κ1) is 12.0. The summed E-state index contributed by atoms with van der Waals surface area (Å²) in [6, 6.07) is 5.95. The Bertz CT molecular complexity index is 565. The molecule has 0 spiro atoms. The fraction of sp³-hybridized carbons (Fsp3) is 0.167. The van der Waals surface area contributed by atoms with Crippen molar-refractivity contribution in [3.8, 4) is 0 Å². The second kappa shape index (κ2) is 4.79. The maximum absolute atomic E-state index is 12.9. The van der Waals surface area contributed by atoms with E-state index in [1.807, 2.05) is 0 Å². The monoisotopic (exact) mass is 296 g/mol. The van der Waals surface area contributed by atoms with Crippen molar-refractivity contribution in [1.29, 1.82) is 0 Å². The highest BCUT2D eigenvalue weighted by atomic mass is 79.9. The van der Waals surface area contributed by atoms with E-state index in [0.717, 1.165) is 5.56 Å². The van der Waals surface area contributed by atoms with Gasteiger partial charge in [-0.05, 0) is 23.8 Å². The van der Waals surface area contributed by atoms with Gasteiger partial charge in [0.2, 0.25) is 0 Å². The first-order chi connectivity index (χ1) is 8.06. The molecule has 0 unspecified atom stereocenters. The van der Waals surface area contributed by atoms with Gasteiger partial charge in [0.15, 0.2) is 5.78 Å². The van der Waals surface area contributed by atoms with Gasteiger partial charge in [-0.2, -0.15) is 5.10 Å². The Morgan fingerprint density at radius 1 is 1.47 bits per heavy atom. The highest BCUT2D eigenvalue weighted by molar-refractivity contribution is 9.10. The number of benzene rings is 1. The van der Waals surface area contributed by atoms with Gasteiger partial charge in [0.1, 0.15) is 11.5 Å². The summed E-state index contributed by atoms with van der Waals surface area (Å²) >= 11 is 3.24. The second-order valence-corrected chi connectivity index (χ2v) is 4.56. The van der Waals surface area contributed by atoms with Crippen molar-refractivity contribution in [1.82, 2.24) is 9.78 Å². The maximum Gasteiger partial charge on any atom is 0.187 e. The molecule has 2 aromatic rings. The van der Waals surface area contributed by atoms with Crippen LogP contribution < -0.4 is 0 Å². The zero-order valence-electron chi connectivity index (χ0n) is 9.15.